The molecular formula is C13H11N2O. The predicted octanol–water partition coefficient (Wildman–Crippen LogP) is 2.46. The molecule has 0 bridgehead atoms. The third-order valence-corrected chi connectivity index (χ3v) is 2.34. The predicted molar refractivity (Wildman–Crippen MR) is 62.5 cm³/mol. The molecule has 0 aromatic heterocycles. The summed E-state index contributed by atoms with van der Waals surface area (Å²) in [6.45, 7) is 0. The maximum atomic E-state index is 8.78. The normalized spacial score (nSPS) is 9.81. The van der Waals surface area contributed by atoms with E-state index >= 15 is 0 Å². The van der Waals surface area contributed by atoms with E-state index in [9.17, 15) is 0 Å². The fourth-order valence-electron chi connectivity index (χ4n) is 1.58. The summed E-state index contributed by atoms with van der Waals surface area (Å²) < 4.78 is 0. The molecular weight excluding hydrogens is 200 g/mol. The molecule has 0 atom stereocenters. The number of hydrogen-bond acceptors (Lipinski definition) is 2. The van der Waals surface area contributed by atoms with Crippen LogP contribution in [-0.4, -0.2) is 11.0 Å². The summed E-state index contributed by atoms with van der Waals surface area (Å²) in [4.78, 5) is 0. The lowest BCUT2D eigenvalue weighted by Gasteiger charge is -2.09. The molecule has 3 nitrogen and oxygen atoms in total. The highest BCUT2D eigenvalue weighted by atomic mass is 16.5. The monoisotopic (exact) mass is 211 g/mol. The Bertz CT molecular complexity index is 494. The van der Waals surface area contributed by atoms with Gasteiger partial charge in [0.25, 0.3) is 0 Å². The maximum Gasteiger partial charge on any atom is 0.149 e. The Balaban J connectivity index is 2.53. The summed E-state index contributed by atoms with van der Waals surface area (Å²) in [5.41, 5.74) is 4.43. The second kappa shape index (κ2) is 4.59. The topological polar surface area (TPSA) is 56.1 Å². The average molecular weight is 211 g/mol. The number of amidine groups is 1. The fraction of sp³-hybridized carbons (Fsp3) is 0. The van der Waals surface area contributed by atoms with Crippen molar-refractivity contribution in [3.63, 3.8) is 0 Å². The smallest absolute Gasteiger partial charge is 0.149 e. The number of rotatable bonds is 2. The molecule has 0 heterocycles. The van der Waals surface area contributed by atoms with Crippen molar-refractivity contribution in [1.82, 2.24) is 5.48 Å². The summed E-state index contributed by atoms with van der Waals surface area (Å²) in [5, 5.41) is 16.4. The third kappa shape index (κ3) is 1.94. The molecule has 3 N–H and O–H groups in total. The van der Waals surface area contributed by atoms with Gasteiger partial charge in [0.15, 0.2) is 0 Å². The van der Waals surface area contributed by atoms with E-state index in [1.54, 1.807) is 6.07 Å². The fourth-order valence-corrected chi connectivity index (χ4v) is 1.58. The zero-order valence-corrected chi connectivity index (χ0v) is 8.57. The average Bonchev–Trinajstić information content (AvgIpc) is 2.39. The SMILES string of the molecule is N=C(NO)c1ccccc1-c1cc[c]cc1. The minimum absolute atomic E-state index is 0.0107. The summed E-state index contributed by atoms with van der Waals surface area (Å²) in [6.07, 6.45) is 0. The van der Waals surface area contributed by atoms with Gasteiger partial charge < -0.3 is 0 Å². The molecule has 2 aromatic carbocycles. The molecule has 0 amide bonds. The molecule has 3 heteroatoms. The van der Waals surface area contributed by atoms with E-state index in [1.807, 2.05) is 47.9 Å². The largest absolute Gasteiger partial charge is 0.290 e. The van der Waals surface area contributed by atoms with E-state index in [0.29, 0.717) is 5.56 Å². The lowest BCUT2D eigenvalue weighted by atomic mass is 9.99. The van der Waals surface area contributed by atoms with Crippen molar-refractivity contribution >= 4 is 5.84 Å². The zero-order chi connectivity index (χ0) is 11.4. The second-order valence-electron chi connectivity index (χ2n) is 3.32. The molecule has 0 spiro atoms. The van der Waals surface area contributed by atoms with E-state index in [2.05, 4.69) is 6.07 Å². The van der Waals surface area contributed by atoms with Crippen LogP contribution in [0.15, 0.2) is 48.5 Å². The van der Waals surface area contributed by atoms with Gasteiger partial charge >= 0.3 is 0 Å². The molecule has 2 aromatic rings. The number of hydroxylamine groups is 1. The summed E-state index contributed by atoms with van der Waals surface area (Å²) in [6, 6.07) is 17.9. The van der Waals surface area contributed by atoms with E-state index in [-0.39, 0.29) is 5.84 Å². The minimum Gasteiger partial charge on any atom is -0.290 e. The van der Waals surface area contributed by atoms with Crippen LogP contribution in [0.2, 0.25) is 0 Å². The molecule has 0 aliphatic heterocycles. The molecule has 16 heavy (non-hydrogen) atoms. The molecule has 0 aliphatic carbocycles. The first-order chi connectivity index (χ1) is 7.83. The van der Waals surface area contributed by atoms with Gasteiger partial charge in [-0.1, -0.05) is 48.5 Å². The quantitative estimate of drug-likeness (QED) is 0.406. The van der Waals surface area contributed by atoms with Gasteiger partial charge in [0.1, 0.15) is 5.84 Å². The van der Waals surface area contributed by atoms with Crippen LogP contribution in [0.25, 0.3) is 11.1 Å². The van der Waals surface area contributed by atoms with Crippen molar-refractivity contribution in [2.24, 2.45) is 0 Å². The summed E-state index contributed by atoms with van der Waals surface area (Å²) in [5.74, 6) is -0.0107. The van der Waals surface area contributed by atoms with Crippen LogP contribution < -0.4 is 5.48 Å². The Morgan fingerprint density at radius 3 is 2.50 bits per heavy atom. The Labute approximate surface area is 93.8 Å². The van der Waals surface area contributed by atoms with Crippen molar-refractivity contribution in [2.75, 3.05) is 0 Å². The van der Waals surface area contributed by atoms with Gasteiger partial charge in [-0.15, -0.1) is 0 Å². The first kappa shape index (κ1) is 10.4. The highest BCUT2D eigenvalue weighted by Crippen LogP contribution is 2.22. The Morgan fingerprint density at radius 1 is 1.12 bits per heavy atom. The lowest BCUT2D eigenvalue weighted by molar-refractivity contribution is 0.234. The van der Waals surface area contributed by atoms with Gasteiger partial charge in [-0.25, -0.2) is 0 Å². The Hall–Kier alpha value is -2.13. The van der Waals surface area contributed by atoms with Gasteiger partial charge in [-0.05, 0) is 17.2 Å². The molecule has 0 fully saturated rings. The molecule has 0 aliphatic rings. The van der Waals surface area contributed by atoms with E-state index in [4.69, 9.17) is 10.6 Å². The Kier molecular flexibility index (Phi) is 2.98. The van der Waals surface area contributed by atoms with Crippen molar-refractivity contribution < 1.29 is 5.21 Å². The molecule has 79 valence electrons. The van der Waals surface area contributed by atoms with E-state index < -0.39 is 0 Å². The summed E-state index contributed by atoms with van der Waals surface area (Å²) in [7, 11) is 0. The standard InChI is InChI=1S/C13H11N2O/c14-13(15-16)12-9-5-4-8-11(12)10-6-2-1-3-7-10/h2-9,16H,(H2,14,15). The number of benzene rings is 2. The lowest BCUT2D eigenvalue weighted by Crippen LogP contribution is -2.19. The highest BCUT2D eigenvalue weighted by molar-refractivity contribution is 6.01. The first-order valence-electron chi connectivity index (χ1n) is 4.87. The van der Waals surface area contributed by atoms with Gasteiger partial charge in [0.2, 0.25) is 0 Å². The second-order valence-corrected chi connectivity index (χ2v) is 3.32. The first-order valence-corrected chi connectivity index (χ1v) is 4.87. The summed E-state index contributed by atoms with van der Waals surface area (Å²) >= 11 is 0. The van der Waals surface area contributed by atoms with Crippen LogP contribution in [0.5, 0.6) is 0 Å². The highest BCUT2D eigenvalue weighted by Gasteiger charge is 2.07. The van der Waals surface area contributed by atoms with Gasteiger partial charge in [-0.2, -0.15) is 0 Å². The van der Waals surface area contributed by atoms with E-state index in [1.165, 1.54) is 0 Å². The molecule has 1 radical (unpaired) electrons. The van der Waals surface area contributed by atoms with Crippen LogP contribution in [0.4, 0.5) is 0 Å². The molecule has 0 saturated heterocycles. The van der Waals surface area contributed by atoms with Gasteiger partial charge in [0, 0.05) is 5.56 Å². The van der Waals surface area contributed by atoms with Crippen molar-refractivity contribution in [3.05, 3.63) is 60.2 Å². The van der Waals surface area contributed by atoms with Crippen molar-refractivity contribution in [1.29, 1.82) is 5.41 Å². The number of nitrogens with one attached hydrogen (secondary N) is 2. The Morgan fingerprint density at radius 2 is 1.81 bits per heavy atom. The van der Waals surface area contributed by atoms with Crippen LogP contribution >= 0.6 is 0 Å². The van der Waals surface area contributed by atoms with Gasteiger partial charge in [-0.3, -0.25) is 16.1 Å². The molecule has 0 unspecified atom stereocenters. The van der Waals surface area contributed by atoms with Gasteiger partial charge in [0.05, 0.1) is 0 Å². The number of hydrogen-bond donors (Lipinski definition) is 3. The van der Waals surface area contributed by atoms with Crippen LogP contribution in [0.1, 0.15) is 5.56 Å². The van der Waals surface area contributed by atoms with Crippen LogP contribution in [-0.2, 0) is 0 Å². The van der Waals surface area contributed by atoms with Crippen LogP contribution in [0, 0.1) is 11.5 Å². The molecule has 2 rings (SSSR count). The minimum atomic E-state index is -0.0107. The van der Waals surface area contributed by atoms with Crippen LogP contribution in [0.3, 0.4) is 0 Å². The molecule has 0 saturated carbocycles. The maximum absolute atomic E-state index is 8.78. The van der Waals surface area contributed by atoms with E-state index in [0.717, 1.165) is 11.1 Å². The third-order valence-electron chi connectivity index (χ3n) is 2.34. The van der Waals surface area contributed by atoms with Crippen molar-refractivity contribution in [2.45, 2.75) is 0 Å². The van der Waals surface area contributed by atoms with Crippen molar-refractivity contribution in [3.8, 4) is 11.1 Å². The zero-order valence-electron chi connectivity index (χ0n) is 8.57.